The number of ether oxygens (including phenoxy) is 1. The summed E-state index contributed by atoms with van der Waals surface area (Å²) in [4.78, 5) is 24.2. The van der Waals surface area contributed by atoms with E-state index in [2.05, 4.69) is 10.1 Å². The van der Waals surface area contributed by atoms with Crippen molar-refractivity contribution in [3.63, 3.8) is 0 Å². The molecule has 2 N–H and O–H groups in total. The number of hydrogen-bond donors (Lipinski definition) is 2. The summed E-state index contributed by atoms with van der Waals surface area (Å²) in [6, 6.07) is 0.0351. The van der Waals surface area contributed by atoms with Crippen molar-refractivity contribution in [1.82, 2.24) is 10.2 Å². The number of aliphatic hydroxyl groups is 1. The minimum absolute atomic E-state index is 0.0351. The molecule has 0 aromatic heterocycles. The Morgan fingerprint density at radius 1 is 1.56 bits per heavy atom. The van der Waals surface area contributed by atoms with Gasteiger partial charge >= 0.3 is 6.09 Å². The van der Waals surface area contributed by atoms with Crippen LogP contribution in [-0.2, 0) is 9.53 Å². The van der Waals surface area contributed by atoms with Gasteiger partial charge in [0.05, 0.1) is 19.8 Å². The van der Waals surface area contributed by atoms with Gasteiger partial charge in [-0.15, -0.1) is 0 Å². The Morgan fingerprint density at radius 3 is 2.94 bits per heavy atom. The first-order chi connectivity index (χ1) is 7.67. The molecule has 1 rings (SSSR count). The average Bonchev–Trinajstić information content (AvgIpc) is 2.65. The number of carbonyl (C=O) groups is 2. The summed E-state index contributed by atoms with van der Waals surface area (Å²) in [5.41, 5.74) is 0. The molecule has 0 aromatic rings. The fourth-order valence-electron chi connectivity index (χ4n) is 1.82. The molecule has 0 radical (unpaired) electrons. The van der Waals surface area contributed by atoms with Crippen LogP contribution in [0.25, 0.3) is 0 Å². The van der Waals surface area contributed by atoms with Gasteiger partial charge in [0.2, 0.25) is 5.91 Å². The second-order valence-electron chi connectivity index (χ2n) is 3.72. The Labute approximate surface area is 94.6 Å². The SMILES string of the molecule is CCOC(=O)NC(=O)CN1CCC[C@H]1CO. The highest BCUT2D eigenvalue weighted by molar-refractivity contribution is 5.92. The van der Waals surface area contributed by atoms with Crippen LogP contribution >= 0.6 is 0 Å². The summed E-state index contributed by atoms with van der Waals surface area (Å²) < 4.78 is 4.59. The predicted molar refractivity (Wildman–Crippen MR) is 56.8 cm³/mol. The molecule has 6 heteroatoms. The number of alkyl carbamates (subject to hydrolysis) is 1. The van der Waals surface area contributed by atoms with Crippen LogP contribution in [0.4, 0.5) is 4.79 Å². The van der Waals surface area contributed by atoms with E-state index in [-0.39, 0.29) is 31.7 Å². The van der Waals surface area contributed by atoms with Gasteiger partial charge in [0.1, 0.15) is 0 Å². The van der Waals surface area contributed by atoms with Crippen molar-refractivity contribution in [1.29, 1.82) is 0 Å². The highest BCUT2D eigenvalue weighted by Crippen LogP contribution is 2.15. The van der Waals surface area contributed by atoms with Gasteiger partial charge < -0.3 is 9.84 Å². The molecule has 1 aliphatic heterocycles. The summed E-state index contributed by atoms with van der Waals surface area (Å²) in [6.07, 6.45) is 1.15. The molecule has 0 aliphatic carbocycles. The molecule has 0 saturated carbocycles. The zero-order valence-electron chi connectivity index (χ0n) is 9.44. The number of nitrogens with one attached hydrogen (secondary N) is 1. The number of aliphatic hydroxyl groups excluding tert-OH is 1. The van der Waals surface area contributed by atoms with Crippen molar-refractivity contribution in [3.05, 3.63) is 0 Å². The van der Waals surface area contributed by atoms with E-state index in [0.717, 1.165) is 19.4 Å². The average molecular weight is 230 g/mol. The summed E-state index contributed by atoms with van der Waals surface area (Å²) in [5, 5.41) is 11.2. The number of rotatable bonds is 4. The summed E-state index contributed by atoms with van der Waals surface area (Å²) in [6.45, 7) is 2.87. The van der Waals surface area contributed by atoms with E-state index in [0.29, 0.717) is 0 Å². The fraction of sp³-hybridized carbons (Fsp3) is 0.800. The molecule has 0 spiro atoms. The zero-order valence-corrected chi connectivity index (χ0v) is 9.44. The second-order valence-corrected chi connectivity index (χ2v) is 3.72. The molecule has 0 unspecified atom stereocenters. The van der Waals surface area contributed by atoms with Crippen molar-refractivity contribution in [3.8, 4) is 0 Å². The van der Waals surface area contributed by atoms with Gasteiger partial charge in [0.15, 0.2) is 0 Å². The second kappa shape index (κ2) is 6.44. The third-order valence-corrected chi connectivity index (χ3v) is 2.57. The van der Waals surface area contributed by atoms with E-state index in [1.54, 1.807) is 6.92 Å². The van der Waals surface area contributed by atoms with E-state index in [4.69, 9.17) is 5.11 Å². The molecule has 1 heterocycles. The maximum atomic E-state index is 11.4. The monoisotopic (exact) mass is 230 g/mol. The highest BCUT2D eigenvalue weighted by Gasteiger charge is 2.25. The first-order valence-electron chi connectivity index (χ1n) is 5.49. The number of hydrogen-bond acceptors (Lipinski definition) is 5. The van der Waals surface area contributed by atoms with Crippen LogP contribution in [0.5, 0.6) is 0 Å². The van der Waals surface area contributed by atoms with Crippen LogP contribution in [0, 0.1) is 0 Å². The van der Waals surface area contributed by atoms with Gasteiger partial charge in [-0.3, -0.25) is 15.0 Å². The summed E-state index contributed by atoms with van der Waals surface area (Å²) in [5.74, 6) is -0.390. The number of likely N-dealkylation sites (tertiary alicyclic amines) is 1. The van der Waals surface area contributed by atoms with Gasteiger partial charge in [-0.25, -0.2) is 4.79 Å². The van der Waals surface area contributed by atoms with E-state index in [1.165, 1.54) is 0 Å². The Kier molecular flexibility index (Phi) is 5.21. The smallest absolute Gasteiger partial charge is 0.413 e. The van der Waals surface area contributed by atoms with Crippen molar-refractivity contribution in [2.75, 3.05) is 26.3 Å². The summed E-state index contributed by atoms with van der Waals surface area (Å²) >= 11 is 0. The quantitative estimate of drug-likeness (QED) is 0.694. The highest BCUT2D eigenvalue weighted by atomic mass is 16.5. The van der Waals surface area contributed by atoms with Crippen LogP contribution in [0.2, 0.25) is 0 Å². The molecular weight excluding hydrogens is 212 g/mol. The maximum Gasteiger partial charge on any atom is 0.413 e. The van der Waals surface area contributed by atoms with Crippen molar-refractivity contribution in [2.45, 2.75) is 25.8 Å². The van der Waals surface area contributed by atoms with E-state index < -0.39 is 6.09 Å². The lowest BCUT2D eigenvalue weighted by molar-refractivity contribution is -0.121. The Morgan fingerprint density at radius 2 is 2.31 bits per heavy atom. The Balaban J connectivity index is 2.30. The van der Waals surface area contributed by atoms with Crippen LogP contribution in [0.15, 0.2) is 0 Å². The van der Waals surface area contributed by atoms with Gasteiger partial charge in [-0.1, -0.05) is 0 Å². The number of imide groups is 1. The lowest BCUT2D eigenvalue weighted by Gasteiger charge is -2.21. The normalized spacial score (nSPS) is 20.8. The predicted octanol–water partition coefficient (Wildman–Crippen LogP) is -0.284. The standard InChI is InChI=1S/C10H18N2O4/c1-2-16-10(15)11-9(14)6-12-5-3-4-8(12)7-13/h8,13H,2-7H2,1H3,(H,11,14,15)/t8-/m0/s1. The molecule has 1 fully saturated rings. The zero-order chi connectivity index (χ0) is 12.0. The third-order valence-electron chi connectivity index (χ3n) is 2.57. The molecule has 92 valence electrons. The van der Waals surface area contributed by atoms with Crippen LogP contribution in [0.1, 0.15) is 19.8 Å². The molecule has 6 nitrogen and oxygen atoms in total. The Hall–Kier alpha value is -1.14. The van der Waals surface area contributed by atoms with Crippen LogP contribution in [-0.4, -0.2) is 54.4 Å². The van der Waals surface area contributed by atoms with E-state index in [9.17, 15) is 9.59 Å². The molecular formula is C10H18N2O4. The maximum absolute atomic E-state index is 11.4. The van der Waals surface area contributed by atoms with E-state index in [1.807, 2.05) is 4.90 Å². The molecule has 0 bridgehead atoms. The third kappa shape index (κ3) is 3.79. The molecule has 16 heavy (non-hydrogen) atoms. The van der Waals surface area contributed by atoms with E-state index >= 15 is 0 Å². The number of carbonyl (C=O) groups excluding carboxylic acids is 2. The first kappa shape index (κ1) is 12.9. The van der Waals surface area contributed by atoms with Crippen molar-refractivity contribution in [2.24, 2.45) is 0 Å². The largest absolute Gasteiger partial charge is 0.450 e. The van der Waals surface area contributed by atoms with Crippen molar-refractivity contribution >= 4 is 12.0 Å². The minimum atomic E-state index is -0.716. The molecule has 1 aliphatic rings. The van der Waals surface area contributed by atoms with Crippen LogP contribution in [0.3, 0.4) is 0 Å². The summed E-state index contributed by atoms with van der Waals surface area (Å²) in [7, 11) is 0. The number of nitrogens with zero attached hydrogens (tertiary/aromatic N) is 1. The molecule has 1 atom stereocenters. The molecule has 1 saturated heterocycles. The lowest BCUT2D eigenvalue weighted by Crippen LogP contribution is -2.43. The minimum Gasteiger partial charge on any atom is -0.450 e. The van der Waals surface area contributed by atoms with Gasteiger partial charge in [-0.2, -0.15) is 0 Å². The lowest BCUT2D eigenvalue weighted by atomic mass is 10.2. The van der Waals surface area contributed by atoms with Gasteiger partial charge in [0.25, 0.3) is 0 Å². The topological polar surface area (TPSA) is 78.9 Å². The Bertz CT molecular complexity index is 257. The number of amides is 2. The van der Waals surface area contributed by atoms with Crippen molar-refractivity contribution < 1.29 is 19.4 Å². The van der Waals surface area contributed by atoms with Gasteiger partial charge in [-0.05, 0) is 26.3 Å². The fourth-order valence-corrected chi connectivity index (χ4v) is 1.82. The van der Waals surface area contributed by atoms with Gasteiger partial charge in [0, 0.05) is 6.04 Å². The van der Waals surface area contributed by atoms with Crippen LogP contribution < -0.4 is 5.32 Å². The molecule has 2 amide bonds. The first-order valence-corrected chi connectivity index (χ1v) is 5.49. The molecule has 0 aromatic carbocycles.